The van der Waals surface area contributed by atoms with Crippen LogP contribution in [0.1, 0.15) is 36.8 Å². The summed E-state index contributed by atoms with van der Waals surface area (Å²) in [5, 5.41) is 3.33. The van der Waals surface area contributed by atoms with Crippen LogP contribution in [-0.4, -0.2) is 37.0 Å². The minimum Gasteiger partial charge on any atom is -0.341 e. The molecular formula is C16H24N2O. The fourth-order valence-corrected chi connectivity index (χ4v) is 2.50. The Morgan fingerprint density at radius 2 is 2.00 bits per heavy atom. The molecule has 0 radical (unpaired) electrons. The van der Waals surface area contributed by atoms with Crippen molar-refractivity contribution in [3.8, 4) is 0 Å². The lowest BCUT2D eigenvalue weighted by molar-refractivity contribution is -0.131. The van der Waals surface area contributed by atoms with Gasteiger partial charge in [-0.1, -0.05) is 36.8 Å². The summed E-state index contributed by atoms with van der Waals surface area (Å²) >= 11 is 0. The molecule has 1 unspecified atom stereocenters. The molecule has 19 heavy (non-hydrogen) atoms. The Balaban J connectivity index is 1.92. The molecule has 1 aliphatic rings. The van der Waals surface area contributed by atoms with Gasteiger partial charge in [0.25, 0.3) is 0 Å². The monoisotopic (exact) mass is 260 g/mol. The Hall–Kier alpha value is -1.35. The first-order chi connectivity index (χ1) is 9.16. The Bertz CT molecular complexity index is 405. The summed E-state index contributed by atoms with van der Waals surface area (Å²) in [6.07, 6.45) is 1.67. The molecule has 1 N–H and O–H groups in total. The Labute approximate surface area is 116 Å². The number of amides is 1. The normalized spacial score (nSPS) is 17.9. The predicted octanol–water partition coefficient (Wildman–Crippen LogP) is 2.31. The molecule has 1 amide bonds. The van der Waals surface area contributed by atoms with E-state index < -0.39 is 0 Å². The van der Waals surface area contributed by atoms with Crippen molar-refractivity contribution in [2.45, 2.75) is 32.6 Å². The van der Waals surface area contributed by atoms with Crippen molar-refractivity contribution in [1.82, 2.24) is 10.2 Å². The molecule has 0 saturated carbocycles. The summed E-state index contributed by atoms with van der Waals surface area (Å²) in [5.74, 6) is 0.584. The topological polar surface area (TPSA) is 32.3 Å². The van der Waals surface area contributed by atoms with Gasteiger partial charge in [0.15, 0.2) is 0 Å². The van der Waals surface area contributed by atoms with E-state index in [0.29, 0.717) is 12.3 Å². The SMILES string of the molecule is Cc1ccc(C(C)CC(=O)N2CCCNCC2)cc1. The molecule has 1 aromatic carbocycles. The zero-order valence-corrected chi connectivity index (χ0v) is 12.0. The third-order valence-electron chi connectivity index (χ3n) is 3.82. The summed E-state index contributed by atoms with van der Waals surface area (Å²) in [5.41, 5.74) is 2.52. The van der Waals surface area contributed by atoms with Gasteiger partial charge in [-0.25, -0.2) is 0 Å². The van der Waals surface area contributed by atoms with Gasteiger partial charge in [-0.2, -0.15) is 0 Å². The number of rotatable bonds is 3. The van der Waals surface area contributed by atoms with E-state index in [4.69, 9.17) is 0 Å². The minimum atomic E-state index is 0.289. The lowest BCUT2D eigenvalue weighted by Gasteiger charge is -2.22. The highest BCUT2D eigenvalue weighted by Gasteiger charge is 2.18. The second kappa shape index (κ2) is 6.71. The van der Waals surface area contributed by atoms with E-state index >= 15 is 0 Å². The molecule has 0 aromatic heterocycles. The lowest BCUT2D eigenvalue weighted by atomic mass is 9.96. The van der Waals surface area contributed by atoms with Crippen molar-refractivity contribution in [2.75, 3.05) is 26.2 Å². The number of hydrogen-bond donors (Lipinski definition) is 1. The molecule has 1 aliphatic heterocycles. The maximum absolute atomic E-state index is 12.3. The van der Waals surface area contributed by atoms with Gasteiger partial charge in [-0.3, -0.25) is 4.79 Å². The van der Waals surface area contributed by atoms with E-state index in [9.17, 15) is 4.79 Å². The van der Waals surface area contributed by atoms with Gasteiger partial charge in [0.1, 0.15) is 0 Å². The fourth-order valence-electron chi connectivity index (χ4n) is 2.50. The molecule has 1 atom stereocenters. The highest BCUT2D eigenvalue weighted by Crippen LogP contribution is 2.20. The van der Waals surface area contributed by atoms with Crippen molar-refractivity contribution in [2.24, 2.45) is 0 Å². The molecule has 1 aromatic rings. The lowest BCUT2D eigenvalue weighted by Crippen LogP contribution is -2.34. The summed E-state index contributed by atoms with van der Waals surface area (Å²) in [6, 6.07) is 8.51. The van der Waals surface area contributed by atoms with Crippen LogP contribution in [0.3, 0.4) is 0 Å². The van der Waals surface area contributed by atoms with Crippen LogP contribution in [0.5, 0.6) is 0 Å². The molecule has 104 valence electrons. The molecule has 0 aliphatic carbocycles. The van der Waals surface area contributed by atoms with Crippen LogP contribution in [0.15, 0.2) is 24.3 Å². The Kier molecular flexibility index (Phi) is 4.97. The number of nitrogens with one attached hydrogen (secondary N) is 1. The number of carbonyl (C=O) groups excluding carboxylic acids is 1. The van der Waals surface area contributed by atoms with Crippen molar-refractivity contribution in [3.63, 3.8) is 0 Å². The second-order valence-electron chi connectivity index (χ2n) is 5.50. The van der Waals surface area contributed by atoms with Gasteiger partial charge in [0.05, 0.1) is 0 Å². The number of nitrogens with zero attached hydrogens (tertiary/aromatic N) is 1. The molecule has 0 spiro atoms. The summed E-state index contributed by atoms with van der Waals surface area (Å²) < 4.78 is 0. The van der Waals surface area contributed by atoms with Crippen LogP contribution in [0.2, 0.25) is 0 Å². The van der Waals surface area contributed by atoms with Crippen LogP contribution in [0.25, 0.3) is 0 Å². The Morgan fingerprint density at radius 1 is 1.26 bits per heavy atom. The molecule has 1 fully saturated rings. The van der Waals surface area contributed by atoms with E-state index in [1.54, 1.807) is 0 Å². The van der Waals surface area contributed by atoms with Crippen LogP contribution < -0.4 is 5.32 Å². The maximum atomic E-state index is 12.3. The largest absolute Gasteiger partial charge is 0.341 e. The summed E-state index contributed by atoms with van der Waals surface area (Å²) in [6.45, 7) is 7.91. The first kappa shape index (κ1) is 14.1. The molecule has 0 bridgehead atoms. The first-order valence-electron chi connectivity index (χ1n) is 7.22. The quantitative estimate of drug-likeness (QED) is 0.904. The van der Waals surface area contributed by atoms with Crippen LogP contribution in [0, 0.1) is 6.92 Å². The fraction of sp³-hybridized carbons (Fsp3) is 0.562. The third kappa shape index (κ3) is 4.06. The molecule has 3 heteroatoms. The minimum absolute atomic E-state index is 0.289. The molecule has 1 saturated heterocycles. The Morgan fingerprint density at radius 3 is 2.74 bits per heavy atom. The van der Waals surface area contributed by atoms with Crippen LogP contribution in [-0.2, 0) is 4.79 Å². The van der Waals surface area contributed by atoms with Crippen molar-refractivity contribution in [3.05, 3.63) is 35.4 Å². The summed E-state index contributed by atoms with van der Waals surface area (Å²) in [7, 11) is 0. The van der Waals surface area contributed by atoms with Crippen molar-refractivity contribution < 1.29 is 4.79 Å². The average Bonchev–Trinajstić information content (AvgIpc) is 2.68. The van der Waals surface area contributed by atoms with Crippen molar-refractivity contribution in [1.29, 1.82) is 0 Å². The van der Waals surface area contributed by atoms with E-state index in [2.05, 4.69) is 43.4 Å². The standard InChI is InChI=1S/C16H24N2O/c1-13-4-6-15(7-5-13)14(2)12-16(19)18-10-3-8-17-9-11-18/h4-7,14,17H,3,8-12H2,1-2H3. The number of hydrogen-bond acceptors (Lipinski definition) is 2. The highest BCUT2D eigenvalue weighted by atomic mass is 16.2. The van der Waals surface area contributed by atoms with Gasteiger partial charge >= 0.3 is 0 Å². The molecule has 1 heterocycles. The van der Waals surface area contributed by atoms with Gasteiger partial charge < -0.3 is 10.2 Å². The van der Waals surface area contributed by atoms with Gasteiger partial charge in [0, 0.05) is 26.1 Å². The maximum Gasteiger partial charge on any atom is 0.223 e. The van der Waals surface area contributed by atoms with Crippen LogP contribution >= 0.6 is 0 Å². The molecule has 3 nitrogen and oxygen atoms in total. The van der Waals surface area contributed by atoms with Gasteiger partial charge in [-0.15, -0.1) is 0 Å². The number of aryl methyl sites for hydroxylation is 1. The number of benzene rings is 1. The van der Waals surface area contributed by atoms with E-state index in [1.807, 2.05) is 4.90 Å². The highest BCUT2D eigenvalue weighted by molar-refractivity contribution is 5.77. The van der Waals surface area contributed by atoms with Crippen molar-refractivity contribution >= 4 is 5.91 Å². The van der Waals surface area contributed by atoms with E-state index in [-0.39, 0.29) is 5.91 Å². The van der Waals surface area contributed by atoms with E-state index in [1.165, 1.54) is 11.1 Å². The van der Waals surface area contributed by atoms with Gasteiger partial charge in [-0.05, 0) is 31.4 Å². The number of carbonyl (C=O) groups is 1. The molecular weight excluding hydrogens is 236 g/mol. The molecule has 2 rings (SSSR count). The van der Waals surface area contributed by atoms with E-state index in [0.717, 1.165) is 32.6 Å². The zero-order chi connectivity index (χ0) is 13.7. The smallest absolute Gasteiger partial charge is 0.223 e. The predicted molar refractivity (Wildman–Crippen MR) is 78.3 cm³/mol. The zero-order valence-electron chi connectivity index (χ0n) is 12.0. The summed E-state index contributed by atoms with van der Waals surface area (Å²) in [4.78, 5) is 14.3. The second-order valence-corrected chi connectivity index (χ2v) is 5.50. The first-order valence-corrected chi connectivity index (χ1v) is 7.22. The van der Waals surface area contributed by atoms with Crippen LogP contribution in [0.4, 0.5) is 0 Å². The average molecular weight is 260 g/mol. The van der Waals surface area contributed by atoms with Gasteiger partial charge in [0.2, 0.25) is 5.91 Å². The third-order valence-corrected chi connectivity index (χ3v) is 3.82.